The van der Waals surface area contributed by atoms with Crippen LogP contribution in [0.4, 0.5) is 0 Å². The van der Waals surface area contributed by atoms with Crippen LogP contribution < -0.4 is 5.32 Å². The third kappa shape index (κ3) is 3.61. The number of rotatable bonds is 6. The van der Waals surface area contributed by atoms with Crippen LogP contribution in [0, 0.1) is 6.92 Å². The second-order valence-corrected chi connectivity index (χ2v) is 5.07. The Labute approximate surface area is 105 Å². The quantitative estimate of drug-likeness (QED) is 0.769. The second-order valence-electron chi connectivity index (χ2n) is 4.00. The van der Waals surface area contributed by atoms with Crippen molar-refractivity contribution in [3.63, 3.8) is 0 Å². The molecular weight excluding hydrogens is 234 g/mol. The highest BCUT2D eigenvalue weighted by Crippen LogP contribution is 2.15. The smallest absolute Gasteiger partial charge is 0.137 e. The second kappa shape index (κ2) is 5.88. The van der Waals surface area contributed by atoms with Gasteiger partial charge in [-0.05, 0) is 26.8 Å². The summed E-state index contributed by atoms with van der Waals surface area (Å²) in [5.41, 5.74) is 1.13. The van der Waals surface area contributed by atoms with Crippen LogP contribution in [0.5, 0.6) is 0 Å². The third-order valence-corrected chi connectivity index (χ3v) is 3.38. The summed E-state index contributed by atoms with van der Waals surface area (Å²) in [5.74, 6) is 0.948. The molecule has 1 unspecified atom stereocenters. The average Bonchev–Trinajstić information content (AvgIpc) is 2.95. The molecule has 5 nitrogen and oxygen atoms in total. The van der Waals surface area contributed by atoms with E-state index in [0.717, 1.165) is 35.9 Å². The van der Waals surface area contributed by atoms with Crippen LogP contribution in [-0.2, 0) is 6.42 Å². The molecule has 0 aliphatic carbocycles. The normalized spacial score (nSPS) is 12.8. The largest absolute Gasteiger partial charge is 0.309 e. The number of hydrogen-bond donors (Lipinski definition) is 2. The molecule has 2 aromatic heterocycles. The first-order valence-corrected chi connectivity index (χ1v) is 6.63. The van der Waals surface area contributed by atoms with Crippen molar-refractivity contribution in [2.24, 2.45) is 0 Å². The number of aromatic nitrogens is 4. The van der Waals surface area contributed by atoms with E-state index in [1.54, 1.807) is 17.7 Å². The Hall–Kier alpha value is -1.27. The summed E-state index contributed by atoms with van der Waals surface area (Å²) >= 11 is 1.70. The minimum Gasteiger partial charge on any atom is -0.309 e. The van der Waals surface area contributed by atoms with Gasteiger partial charge in [0.25, 0.3) is 0 Å². The fourth-order valence-electron chi connectivity index (χ4n) is 1.61. The molecule has 0 saturated heterocycles. The molecule has 0 aliphatic rings. The van der Waals surface area contributed by atoms with Gasteiger partial charge in [0.15, 0.2) is 0 Å². The average molecular weight is 251 g/mol. The van der Waals surface area contributed by atoms with Gasteiger partial charge in [-0.25, -0.2) is 9.97 Å². The van der Waals surface area contributed by atoms with E-state index in [1.807, 2.05) is 6.92 Å². The lowest BCUT2D eigenvalue weighted by Crippen LogP contribution is -2.20. The van der Waals surface area contributed by atoms with Gasteiger partial charge in [-0.1, -0.05) is 0 Å². The number of aryl methyl sites for hydroxylation is 2. The highest BCUT2D eigenvalue weighted by Gasteiger charge is 2.07. The minimum atomic E-state index is 0.315. The highest BCUT2D eigenvalue weighted by atomic mass is 32.1. The van der Waals surface area contributed by atoms with Gasteiger partial charge in [-0.15, -0.1) is 11.3 Å². The molecule has 92 valence electrons. The van der Waals surface area contributed by atoms with E-state index in [0.29, 0.717) is 6.04 Å². The molecule has 1 atom stereocenters. The number of H-pyrrole nitrogens is 1. The molecule has 2 aromatic rings. The molecule has 0 spiro atoms. The van der Waals surface area contributed by atoms with Gasteiger partial charge >= 0.3 is 0 Å². The van der Waals surface area contributed by atoms with Crippen LogP contribution >= 0.6 is 11.3 Å². The summed E-state index contributed by atoms with van der Waals surface area (Å²) in [6, 6.07) is 0.315. The summed E-state index contributed by atoms with van der Waals surface area (Å²) in [4.78, 5) is 8.56. The van der Waals surface area contributed by atoms with Crippen LogP contribution in [0.25, 0.3) is 0 Å². The summed E-state index contributed by atoms with van der Waals surface area (Å²) in [6.45, 7) is 5.13. The molecule has 17 heavy (non-hydrogen) atoms. The van der Waals surface area contributed by atoms with Gasteiger partial charge in [0.2, 0.25) is 0 Å². The molecule has 0 saturated carbocycles. The Morgan fingerprint density at radius 1 is 1.53 bits per heavy atom. The Kier molecular flexibility index (Phi) is 4.22. The predicted molar refractivity (Wildman–Crippen MR) is 68.0 cm³/mol. The fraction of sp³-hybridized carbons (Fsp3) is 0.545. The zero-order valence-electron chi connectivity index (χ0n) is 10.1. The molecule has 2 rings (SSSR count). The van der Waals surface area contributed by atoms with Gasteiger partial charge in [0.05, 0.1) is 10.7 Å². The molecule has 0 aliphatic heterocycles. The number of aromatic amines is 1. The maximum Gasteiger partial charge on any atom is 0.137 e. The van der Waals surface area contributed by atoms with Crippen molar-refractivity contribution in [1.82, 2.24) is 25.5 Å². The van der Waals surface area contributed by atoms with Crippen molar-refractivity contribution in [2.75, 3.05) is 6.54 Å². The van der Waals surface area contributed by atoms with Gasteiger partial charge in [-0.3, -0.25) is 5.10 Å². The maximum atomic E-state index is 4.47. The summed E-state index contributed by atoms with van der Waals surface area (Å²) in [7, 11) is 0. The van der Waals surface area contributed by atoms with E-state index < -0.39 is 0 Å². The standard InChI is InChI=1S/C11H17N5S/c1-8(10-6-17-9(2)15-10)12-5-3-4-11-13-7-14-16-11/h6-8,12H,3-5H2,1-2H3,(H,13,14,16). The first-order chi connectivity index (χ1) is 8.25. The highest BCUT2D eigenvalue weighted by molar-refractivity contribution is 7.09. The van der Waals surface area contributed by atoms with Crippen LogP contribution in [0.3, 0.4) is 0 Å². The molecule has 0 bridgehead atoms. The monoisotopic (exact) mass is 251 g/mol. The lowest BCUT2D eigenvalue weighted by atomic mass is 10.2. The van der Waals surface area contributed by atoms with Crippen molar-refractivity contribution < 1.29 is 0 Å². The van der Waals surface area contributed by atoms with Gasteiger partial charge in [0, 0.05) is 17.8 Å². The van der Waals surface area contributed by atoms with E-state index in [-0.39, 0.29) is 0 Å². The molecular formula is C11H17N5S. The Bertz CT molecular complexity index is 436. The zero-order valence-corrected chi connectivity index (χ0v) is 10.9. The SMILES string of the molecule is Cc1nc(C(C)NCCCc2ncn[nH]2)cs1. The Morgan fingerprint density at radius 2 is 2.41 bits per heavy atom. The number of thiazole rings is 1. The topological polar surface area (TPSA) is 66.5 Å². The summed E-state index contributed by atoms with van der Waals surface area (Å²) in [6.07, 6.45) is 3.52. The van der Waals surface area contributed by atoms with Crippen molar-refractivity contribution in [1.29, 1.82) is 0 Å². The summed E-state index contributed by atoms with van der Waals surface area (Å²) < 4.78 is 0. The molecule has 0 aromatic carbocycles. The lowest BCUT2D eigenvalue weighted by molar-refractivity contribution is 0.545. The van der Waals surface area contributed by atoms with Crippen molar-refractivity contribution in [2.45, 2.75) is 32.7 Å². The van der Waals surface area contributed by atoms with E-state index in [4.69, 9.17) is 0 Å². The number of nitrogens with one attached hydrogen (secondary N) is 2. The molecule has 2 N–H and O–H groups in total. The Balaban J connectivity index is 1.68. The maximum absolute atomic E-state index is 4.47. The molecule has 0 amide bonds. The van der Waals surface area contributed by atoms with E-state index >= 15 is 0 Å². The minimum absolute atomic E-state index is 0.315. The lowest BCUT2D eigenvalue weighted by Gasteiger charge is -2.10. The van der Waals surface area contributed by atoms with E-state index in [1.165, 1.54) is 0 Å². The van der Waals surface area contributed by atoms with Crippen LogP contribution in [0.2, 0.25) is 0 Å². The number of hydrogen-bond acceptors (Lipinski definition) is 5. The van der Waals surface area contributed by atoms with Crippen molar-refractivity contribution >= 4 is 11.3 Å². The molecule has 0 fully saturated rings. The van der Waals surface area contributed by atoms with Gasteiger partial charge < -0.3 is 5.32 Å². The summed E-state index contributed by atoms with van der Waals surface area (Å²) in [5, 5.41) is 13.4. The van der Waals surface area contributed by atoms with Gasteiger partial charge in [-0.2, -0.15) is 5.10 Å². The van der Waals surface area contributed by atoms with E-state index in [2.05, 4.69) is 37.8 Å². The predicted octanol–water partition coefficient (Wildman–Crippen LogP) is 1.85. The van der Waals surface area contributed by atoms with Crippen molar-refractivity contribution in [3.05, 3.63) is 28.2 Å². The molecule has 0 radical (unpaired) electrons. The number of nitrogens with zero attached hydrogens (tertiary/aromatic N) is 3. The molecule has 2 heterocycles. The van der Waals surface area contributed by atoms with Crippen LogP contribution in [0.15, 0.2) is 11.7 Å². The first kappa shape index (κ1) is 12.2. The Morgan fingerprint density at radius 3 is 3.06 bits per heavy atom. The van der Waals surface area contributed by atoms with Gasteiger partial charge in [0.1, 0.15) is 12.2 Å². The third-order valence-electron chi connectivity index (χ3n) is 2.59. The van der Waals surface area contributed by atoms with Crippen LogP contribution in [0.1, 0.15) is 35.9 Å². The molecule has 6 heteroatoms. The first-order valence-electron chi connectivity index (χ1n) is 5.75. The fourth-order valence-corrected chi connectivity index (χ4v) is 2.32. The van der Waals surface area contributed by atoms with Crippen LogP contribution in [-0.4, -0.2) is 26.7 Å². The van der Waals surface area contributed by atoms with E-state index in [9.17, 15) is 0 Å². The zero-order chi connectivity index (χ0) is 12.1. The van der Waals surface area contributed by atoms with Crippen molar-refractivity contribution in [3.8, 4) is 0 Å².